The highest BCUT2D eigenvalue weighted by molar-refractivity contribution is 9.09. The normalized spacial score (nSPS) is 10.0. The van der Waals surface area contributed by atoms with Crippen LogP contribution in [0.15, 0.2) is 12.1 Å². The van der Waals surface area contributed by atoms with Gasteiger partial charge in [0.25, 0.3) is 0 Å². The van der Waals surface area contributed by atoms with Gasteiger partial charge in [0.15, 0.2) is 0 Å². The highest BCUT2D eigenvalue weighted by Crippen LogP contribution is 2.25. The summed E-state index contributed by atoms with van der Waals surface area (Å²) in [6, 6.07) is 3.98. The molecule has 0 spiro atoms. The van der Waals surface area contributed by atoms with Crippen molar-refractivity contribution in [3.05, 3.63) is 28.8 Å². The molecule has 0 bridgehead atoms. The minimum absolute atomic E-state index is 0.222. The predicted molar refractivity (Wildman–Crippen MR) is 60.1 cm³/mol. The molecule has 0 saturated heterocycles. The van der Waals surface area contributed by atoms with E-state index in [0.717, 1.165) is 16.7 Å². The molecule has 0 N–H and O–H groups in total. The fourth-order valence-corrected chi connectivity index (χ4v) is 1.34. The monoisotopic (exact) mass is 256 g/mol. The average molecular weight is 257 g/mol. The van der Waals surface area contributed by atoms with Crippen LogP contribution in [0.5, 0.6) is 5.75 Å². The molecule has 0 fully saturated rings. The molecule has 0 amide bonds. The molecule has 76 valence electrons. The SMILES string of the molecule is Cc1ccc(C)c(OC(=O)CBr)c1C. The van der Waals surface area contributed by atoms with Crippen LogP contribution in [0.2, 0.25) is 0 Å². The summed E-state index contributed by atoms with van der Waals surface area (Å²) in [6.45, 7) is 5.89. The van der Waals surface area contributed by atoms with Crippen molar-refractivity contribution in [2.75, 3.05) is 5.33 Å². The summed E-state index contributed by atoms with van der Waals surface area (Å²) in [5, 5.41) is 0.222. The van der Waals surface area contributed by atoms with E-state index in [4.69, 9.17) is 4.74 Å². The largest absolute Gasteiger partial charge is 0.425 e. The molecule has 0 aliphatic heterocycles. The van der Waals surface area contributed by atoms with Gasteiger partial charge in [0.2, 0.25) is 0 Å². The Labute approximate surface area is 92.4 Å². The van der Waals surface area contributed by atoms with Gasteiger partial charge in [0, 0.05) is 0 Å². The Morgan fingerprint density at radius 1 is 1.29 bits per heavy atom. The van der Waals surface area contributed by atoms with Crippen molar-refractivity contribution in [2.45, 2.75) is 20.8 Å². The van der Waals surface area contributed by atoms with Gasteiger partial charge >= 0.3 is 5.97 Å². The maximum absolute atomic E-state index is 11.1. The van der Waals surface area contributed by atoms with Crippen LogP contribution < -0.4 is 4.74 Å². The van der Waals surface area contributed by atoms with Crippen LogP contribution in [0.4, 0.5) is 0 Å². The minimum atomic E-state index is -0.262. The zero-order valence-corrected chi connectivity index (χ0v) is 10.1. The highest BCUT2D eigenvalue weighted by Gasteiger charge is 2.09. The number of aryl methyl sites for hydroxylation is 2. The lowest BCUT2D eigenvalue weighted by Gasteiger charge is -2.11. The number of alkyl halides is 1. The second kappa shape index (κ2) is 4.60. The number of carbonyl (C=O) groups excluding carboxylic acids is 1. The lowest BCUT2D eigenvalue weighted by atomic mass is 10.1. The van der Waals surface area contributed by atoms with Gasteiger partial charge in [-0.25, -0.2) is 0 Å². The van der Waals surface area contributed by atoms with Crippen molar-refractivity contribution >= 4 is 21.9 Å². The van der Waals surface area contributed by atoms with E-state index < -0.39 is 0 Å². The molecule has 0 saturated carbocycles. The van der Waals surface area contributed by atoms with Crippen molar-refractivity contribution in [3.63, 3.8) is 0 Å². The van der Waals surface area contributed by atoms with Gasteiger partial charge in [-0.2, -0.15) is 0 Å². The first-order valence-corrected chi connectivity index (χ1v) is 5.52. The Hall–Kier alpha value is -0.830. The smallest absolute Gasteiger partial charge is 0.321 e. The van der Waals surface area contributed by atoms with Crippen LogP contribution in [0.25, 0.3) is 0 Å². The molecule has 3 heteroatoms. The molecule has 14 heavy (non-hydrogen) atoms. The number of rotatable bonds is 2. The summed E-state index contributed by atoms with van der Waals surface area (Å²) < 4.78 is 5.22. The Balaban J connectivity index is 3.06. The van der Waals surface area contributed by atoms with Gasteiger partial charge < -0.3 is 4.74 Å². The van der Waals surface area contributed by atoms with Crippen molar-refractivity contribution in [1.82, 2.24) is 0 Å². The van der Waals surface area contributed by atoms with Gasteiger partial charge in [-0.05, 0) is 37.5 Å². The van der Waals surface area contributed by atoms with Crippen LogP contribution in [-0.4, -0.2) is 11.3 Å². The van der Waals surface area contributed by atoms with Gasteiger partial charge in [0.1, 0.15) is 11.1 Å². The number of ether oxygens (including phenoxy) is 1. The Morgan fingerprint density at radius 3 is 2.43 bits per heavy atom. The second-order valence-corrected chi connectivity index (χ2v) is 3.82. The molecule has 0 heterocycles. The average Bonchev–Trinajstić information content (AvgIpc) is 2.18. The van der Waals surface area contributed by atoms with Crippen molar-refractivity contribution in [1.29, 1.82) is 0 Å². The molecule has 1 aromatic carbocycles. The topological polar surface area (TPSA) is 26.3 Å². The van der Waals surface area contributed by atoms with Gasteiger partial charge in [-0.15, -0.1) is 0 Å². The van der Waals surface area contributed by atoms with E-state index in [1.165, 1.54) is 0 Å². The van der Waals surface area contributed by atoms with E-state index >= 15 is 0 Å². The molecule has 0 radical (unpaired) electrons. The van der Waals surface area contributed by atoms with E-state index in [9.17, 15) is 4.79 Å². The molecule has 0 atom stereocenters. The van der Waals surface area contributed by atoms with E-state index in [1.54, 1.807) is 0 Å². The number of carbonyl (C=O) groups is 1. The van der Waals surface area contributed by atoms with Crippen LogP contribution in [-0.2, 0) is 4.79 Å². The molecule has 0 aliphatic carbocycles. The quantitative estimate of drug-likeness (QED) is 0.462. The molecular formula is C11H13BrO2. The molecule has 0 aromatic heterocycles. The standard InChI is InChI=1S/C11H13BrO2/c1-7-4-5-8(2)11(9(7)3)14-10(13)6-12/h4-5H,6H2,1-3H3. The maximum atomic E-state index is 11.1. The van der Waals surface area contributed by atoms with Gasteiger partial charge in [-0.1, -0.05) is 28.1 Å². The summed E-state index contributed by atoms with van der Waals surface area (Å²) in [6.07, 6.45) is 0. The molecular weight excluding hydrogens is 244 g/mol. The maximum Gasteiger partial charge on any atom is 0.321 e. The zero-order chi connectivity index (χ0) is 10.7. The first kappa shape index (κ1) is 11.2. The lowest BCUT2D eigenvalue weighted by molar-refractivity contribution is -0.131. The van der Waals surface area contributed by atoms with Gasteiger partial charge in [-0.3, -0.25) is 4.79 Å². The summed E-state index contributed by atoms with van der Waals surface area (Å²) in [4.78, 5) is 11.1. The minimum Gasteiger partial charge on any atom is -0.425 e. The third-order valence-corrected chi connectivity index (χ3v) is 2.66. The van der Waals surface area contributed by atoms with Crippen molar-refractivity contribution in [2.24, 2.45) is 0 Å². The number of hydrogen-bond donors (Lipinski definition) is 0. The van der Waals surface area contributed by atoms with Crippen LogP contribution >= 0.6 is 15.9 Å². The summed E-state index contributed by atoms with van der Waals surface area (Å²) in [7, 11) is 0. The van der Waals surface area contributed by atoms with Crippen LogP contribution in [0, 0.1) is 20.8 Å². The lowest BCUT2D eigenvalue weighted by Crippen LogP contribution is -2.10. The van der Waals surface area contributed by atoms with Crippen LogP contribution in [0.3, 0.4) is 0 Å². The van der Waals surface area contributed by atoms with E-state index in [1.807, 2.05) is 32.9 Å². The van der Waals surface area contributed by atoms with Crippen molar-refractivity contribution < 1.29 is 9.53 Å². The van der Waals surface area contributed by atoms with E-state index in [2.05, 4.69) is 15.9 Å². The number of esters is 1. The van der Waals surface area contributed by atoms with E-state index in [0.29, 0.717) is 5.75 Å². The molecule has 2 nitrogen and oxygen atoms in total. The summed E-state index contributed by atoms with van der Waals surface area (Å²) in [5.74, 6) is 0.427. The molecule has 1 aromatic rings. The number of hydrogen-bond acceptors (Lipinski definition) is 2. The number of benzene rings is 1. The molecule has 0 unspecified atom stereocenters. The Morgan fingerprint density at radius 2 is 1.86 bits per heavy atom. The summed E-state index contributed by atoms with van der Waals surface area (Å²) >= 11 is 3.07. The zero-order valence-electron chi connectivity index (χ0n) is 8.56. The van der Waals surface area contributed by atoms with Crippen molar-refractivity contribution in [3.8, 4) is 5.75 Å². The molecule has 1 rings (SSSR count). The highest BCUT2D eigenvalue weighted by atomic mass is 79.9. The fraction of sp³-hybridized carbons (Fsp3) is 0.364. The van der Waals surface area contributed by atoms with Crippen LogP contribution in [0.1, 0.15) is 16.7 Å². The van der Waals surface area contributed by atoms with E-state index in [-0.39, 0.29) is 11.3 Å². The predicted octanol–water partition coefficient (Wildman–Crippen LogP) is 2.91. The first-order chi connectivity index (χ1) is 6.56. The third kappa shape index (κ3) is 2.35. The summed E-state index contributed by atoms with van der Waals surface area (Å²) in [5.41, 5.74) is 3.15. The molecule has 0 aliphatic rings. The first-order valence-electron chi connectivity index (χ1n) is 4.39. The second-order valence-electron chi connectivity index (χ2n) is 3.26. The third-order valence-electron chi connectivity index (χ3n) is 2.20. The van der Waals surface area contributed by atoms with Gasteiger partial charge in [0.05, 0.1) is 0 Å². The Kier molecular flexibility index (Phi) is 3.69. The fourth-order valence-electron chi connectivity index (χ4n) is 1.22. The number of halogens is 1. The Bertz CT molecular complexity index is 359.